The van der Waals surface area contributed by atoms with Gasteiger partial charge in [-0.1, -0.05) is 40.9 Å². The first-order valence-electron chi connectivity index (χ1n) is 6.57. The van der Waals surface area contributed by atoms with Crippen molar-refractivity contribution in [2.75, 3.05) is 6.61 Å². The van der Waals surface area contributed by atoms with Crippen molar-refractivity contribution in [2.24, 2.45) is 0 Å². The molecule has 21 heavy (non-hydrogen) atoms. The minimum absolute atomic E-state index is 0.0495. The minimum Gasteiger partial charge on any atom is -0.485 e. The van der Waals surface area contributed by atoms with Crippen molar-refractivity contribution in [3.05, 3.63) is 62.6 Å². The Morgan fingerprint density at radius 2 is 1.67 bits per heavy atom. The molecule has 0 aliphatic heterocycles. The van der Waals surface area contributed by atoms with Gasteiger partial charge in [-0.15, -0.1) is 0 Å². The predicted molar refractivity (Wildman–Crippen MR) is 86.9 cm³/mol. The Bertz CT molecular complexity index is 670. The fraction of sp³-hybridized carbons (Fsp3) is 0.235. The van der Waals surface area contributed by atoms with Crippen LogP contribution in [-0.2, 0) is 0 Å². The van der Waals surface area contributed by atoms with Crippen LogP contribution < -0.4 is 4.74 Å². The van der Waals surface area contributed by atoms with Crippen molar-refractivity contribution in [2.45, 2.75) is 20.8 Å². The molecule has 0 spiro atoms. The molecule has 2 aromatic rings. The number of hydrogen-bond acceptors (Lipinski definition) is 2. The van der Waals surface area contributed by atoms with Gasteiger partial charge < -0.3 is 4.74 Å². The van der Waals surface area contributed by atoms with Crippen molar-refractivity contribution >= 4 is 29.0 Å². The number of halogens is 2. The Morgan fingerprint density at radius 1 is 1.05 bits per heavy atom. The van der Waals surface area contributed by atoms with E-state index in [4.69, 9.17) is 27.9 Å². The lowest BCUT2D eigenvalue weighted by molar-refractivity contribution is 0.0921. The van der Waals surface area contributed by atoms with Crippen LogP contribution >= 0.6 is 23.2 Å². The number of benzene rings is 2. The van der Waals surface area contributed by atoms with Gasteiger partial charge in [0.25, 0.3) is 0 Å². The molecule has 0 aromatic heterocycles. The van der Waals surface area contributed by atoms with Crippen molar-refractivity contribution < 1.29 is 9.53 Å². The Balaban J connectivity index is 2.15. The highest BCUT2D eigenvalue weighted by Crippen LogP contribution is 2.26. The molecule has 0 saturated carbocycles. The molecular weight excluding hydrogens is 307 g/mol. The molecule has 4 heteroatoms. The summed E-state index contributed by atoms with van der Waals surface area (Å²) in [5.74, 6) is 0.579. The van der Waals surface area contributed by atoms with E-state index in [1.165, 1.54) is 5.56 Å². The molecule has 0 unspecified atom stereocenters. The second kappa shape index (κ2) is 6.50. The number of ketones is 1. The number of carbonyl (C=O) groups excluding carboxylic acids is 1. The topological polar surface area (TPSA) is 26.3 Å². The molecule has 2 nitrogen and oxygen atoms in total. The molecular formula is C17H16Cl2O2. The van der Waals surface area contributed by atoms with E-state index in [9.17, 15) is 4.79 Å². The number of hydrogen-bond donors (Lipinski definition) is 0. The highest BCUT2D eigenvalue weighted by molar-refractivity contribution is 6.36. The molecule has 110 valence electrons. The molecule has 0 atom stereocenters. The second-order valence-electron chi connectivity index (χ2n) is 5.06. The summed E-state index contributed by atoms with van der Waals surface area (Å²) in [6, 6.07) is 8.87. The maximum atomic E-state index is 12.2. The predicted octanol–water partition coefficient (Wildman–Crippen LogP) is 5.18. The Morgan fingerprint density at radius 3 is 2.24 bits per heavy atom. The van der Waals surface area contributed by atoms with E-state index < -0.39 is 0 Å². The van der Waals surface area contributed by atoms with E-state index >= 15 is 0 Å². The third kappa shape index (κ3) is 3.78. The average Bonchev–Trinajstić information content (AvgIpc) is 2.36. The summed E-state index contributed by atoms with van der Waals surface area (Å²) in [6.07, 6.45) is 0. The first kappa shape index (κ1) is 15.9. The molecule has 0 N–H and O–H groups in total. The second-order valence-corrected chi connectivity index (χ2v) is 5.91. The van der Waals surface area contributed by atoms with Crippen LogP contribution in [0.4, 0.5) is 0 Å². The zero-order valence-corrected chi connectivity index (χ0v) is 13.7. The normalized spacial score (nSPS) is 10.5. The Kier molecular flexibility index (Phi) is 4.92. The van der Waals surface area contributed by atoms with Gasteiger partial charge in [-0.2, -0.15) is 0 Å². The molecule has 0 radical (unpaired) electrons. The molecule has 2 rings (SSSR count). The molecule has 0 amide bonds. The van der Waals surface area contributed by atoms with Crippen LogP contribution in [0.1, 0.15) is 27.0 Å². The minimum atomic E-state index is -0.170. The van der Waals surface area contributed by atoms with Crippen LogP contribution in [0.15, 0.2) is 30.3 Å². The van der Waals surface area contributed by atoms with Gasteiger partial charge in [0.2, 0.25) is 5.78 Å². The van der Waals surface area contributed by atoms with Gasteiger partial charge in [0.05, 0.1) is 5.02 Å². The summed E-state index contributed by atoms with van der Waals surface area (Å²) in [5, 5.41) is 0.844. The quantitative estimate of drug-likeness (QED) is 0.725. The summed E-state index contributed by atoms with van der Waals surface area (Å²) in [4.78, 5) is 12.2. The monoisotopic (exact) mass is 322 g/mol. The highest BCUT2D eigenvalue weighted by atomic mass is 35.5. The largest absolute Gasteiger partial charge is 0.485 e. The van der Waals surface area contributed by atoms with Gasteiger partial charge in [0, 0.05) is 10.6 Å². The van der Waals surface area contributed by atoms with E-state index in [-0.39, 0.29) is 12.4 Å². The van der Waals surface area contributed by atoms with Gasteiger partial charge in [-0.05, 0) is 50.1 Å². The standard InChI is InChI=1S/C17H16Cl2O2/c1-10-6-11(2)17(12(3)7-10)21-9-16(20)14-5-4-13(18)8-15(14)19/h4-8H,9H2,1-3H3. The van der Waals surface area contributed by atoms with E-state index in [1.807, 2.05) is 32.9 Å². The summed E-state index contributed by atoms with van der Waals surface area (Å²) in [6.45, 7) is 5.92. The maximum absolute atomic E-state index is 12.2. The van der Waals surface area contributed by atoms with Crippen LogP contribution in [0.2, 0.25) is 10.0 Å². The zero-order chi connectivity index (χ0) is 15.6. The van der Waals surface area contributed by atoms with E-state index in [0.29, 0.717) is 15.6 Å². The van der Waals surface area contributed by atoms with Crippen molar-refractivity contribution in [3.63, 3.8) is 0 Å². The van der Waals surface area contributed by atoms with Crippen molar-refractivity contribution in [1.29, 1.82) is 0 Å². The number of carbonyl (C=O) groups is 1. The molecule has 0 saturated heterocycles. The lowest BCUT2D eigenvalue weighted by Crippen LogP contribution is -2.13. The molecule has 0 aliphatic carbocycles. The molecule has 0 fully saturated rings. The van der Waals surface area contributed by atoms with E-state index in [1.54, 1.807) is 18.2 Å². The summed E-state index contributed by atoms with van der Waals surface area (Å²) in [7, 11) is 0. The van der Waals surface area contributed by atoms with E-state index in [0.717, 1.165) is 16.9 Å². The third-order valence-corrected chi connectivity index (χ3v) is 3.73. The maximum Gasteiger partial charge on any atom is 0.201 e. The average molecular weight is 323 g/mol. The number of Topliss-reactive ketones (excluding diaryl/α,β-unsaturated/α-hetero) is 1. The molecule has 0 aliphatic rings. The lowest BCUT2D eigenvalue weighted by atomic mass is 10.1. The van der Waals surface area contributed by atoms with E-state index in [2.05, 4.69) is 0 Å². The van der Waals surface area contributed by atoms with Crippen molar-refractivity contribution in [3.8, 4) is 5.75 Å². The van der Waals surface area contributed by atoms with Gasteiger partial charge in [0.1, 0.15) is 5.75 Å². The third-order valence-electron chi connectivity index (χ3n) is 3.18. The zero-order valence-electron chi connectivity index (χ0n) is 12.2. The molecule has 0 bridgehead atoms. The number of aryl methyl sites for hydroxylation is 3. The van der Waals surface area contributed by atoms with Gasteiger partial charge in [-0.25, -0.2) is 0 Å². The lowest BCUT2D eigenvalue weighted by Gasteiger charge is -2.13. The summed E-state index contributed by atoms with van der Waals surface area (Å²) < 4.78 is 5.68. The van der Waals surface area contributed by atoms with Gasteiger partial charge in [0.15, 0.2) is 6.61 Å². The Labute approximate surface area is 134 Å². The summed E-state index contributed by atoms with van der Waals surface area (Å²) in [5.41, 5.74) is 3.62. The highest BCUT2D eigenvalue weighted by Gasteiger charge is 2.13. The van der Waals surface area contributed by atoms with Crippen LogP contribution in [0, 0.1) is 20.8 Å². The van der Waals surface area contributed by atoms with Gasteiger partial charge >= 0.3 is 0 Å². The van der Waals surface area contributed by atoms with Gasteiger partial charge in [-0.3, -0.25) is 4.79 Å². The fourth-order valence-corrected chi connectivity index (χ4v) is 2.84. The smallest absolute Gasteiger partial charge is 0.201 e. The SMILES string of the molecule is Cc1cc(C)c(OCC(=O)c2ccc(Cl)cc2Cl)c(C)c1. The first-order chi connectivity index (χ1) is 9.88. The van der Waals surface area contributed by atoms with Crippen LogP contribution in [0.5, 0.6) is 5.75 Å². The number of ether oxygens (including phenoxy) is 1. The summed E-state index contributed by atoms with van der Waals surface area (Å²) >= 11 is 11.9. The fourth-order valence-electron chi connectivity index (χ4n) is 2.33. The van der Waals surface area contributed by atoms with Crippen molar-refractivity contribution in [1.82, 2.24) is 0 Å². The first-order valence-corrected chi connectivity index (χ1v) is 7.33. The van der Waals surface area contributed by atoms with Crippen LogP contribution in [0.3, 0.4) is 0 Å². The Hall–Kier alpha value is -1.51. The van der Waals surface area contributed by atoms with Crippen LogP contribution in [-0.4, -0.2) is 12.4 Å². The molecule has 0 heterocycles. The molecule has 2 aromatic carbocycles. The number of rotatable bonds is 4. The van der Waals surface area contributed by atoms with Crippen LogP contribution in [0.25, 0.3) is 0 Å².